The summed E-state index contributed by atoms with van der Waals surface area (Å²) in [5, 5.41) is 10.6. The van der Waals surface area contributed by atoms with E-state index in [0.717, 1.165) is 39.6 Å². The highest BCUT2D eigenvalue weighted by Crippen LogP contribution is 2.27. The van der Waals surface area contributed by atoms with Gasteiger partial charge in [0.05, 0.1) is 18.6 Å². The van der Waals surface area contributed by atoms with Crippen molar-refractivity contribution in [3.8, 4) is 5.69 Å². The van der Waals surface area contributed by atoms with Gasteiger partial charge in [0.1, 0.15) is 12.3 Å². The van der Waals surface area contributed by atoms with Crippen molar-refractivity contribution in [2.75, 3.05) is 24.3 Å². The Kier molecular flexibility index (Phi) is 8.97. The average molecular weight is 579 g/mol. The van der Waals surface area contributed by atoms with Gasteiger partial charge in [-0.2, -0.15) is 0 Å². The lowest BCUT2D eigenvalue weighted by Crippen LogP contribution is -2.18. The number of nitrogens with one attached hydrogen (secondary N) is 4. The van der Waals surface area contributed by atoms with Gasteiger partial charge in [0, 0.05) is 47.8 Å². The Morgan fingerprint density at radius 1 is 1.09 bits per heavy atom. The van der Waals surface area contributed by atoms with Crippen LogP contribution in [0.15, 0.2) is 90.4 Å². The number of hydrogen-bond donors (Lipinski definition) is 4. The Hall–Kier alpha value is -5.22. The molecule has 3 aromatic carbocycles. The van der Waals surface area contributed by atoms with Crippen molar-refractivity contribution in [3.05, 3.63) is 118 Å². The van der Waals surface area contributed by atoms with E-state index in [4.69, 9.17) is 4.74 Å². The number of carbonyl (C=O) groups is 2. The summed E-state index contributed by atoms with van der Waals surface area (Å²) in [5.41, 5.74) is 5.87. The van der Waals surface area contributed by atoms with Crippen molar-refractivity contribution in [2.24, 2.45) is 0 Å². The Bertz CT molecular complexity index is 1800. The zero-order chi connectivity index (χ0) is 30.3. The van der Waals surface area contributed by atoms with E-state index in [2.05, 4.69) is 25.9 Å². The van der Waals surface area contributed by atoms with Gasteiger partial charge < -0.3 is 29.7 Å². The Balaban J connectivity index is 1.21. The number of imidazole rings is 1. The van der Waals surface area contributed by atoms with E-state index in [-0.39, 0.29) is 18.1 Å². The lowest BCUT2D eigenvalue weighted by atomic mass is 9.93. The number of H-pyrrole nitrogens is 1. The van der Waals surface area contributed by atoms with Crippen LogP contribution in [0.1, 0.15) is 41.1 Å². The average Bonchev–Trinajstić information content (AvgIpc) is 3.54. The van der Waals surface area contributed by atoms with Crippen molar-refractivity contribution in [1.82, 2.24) is 19.9 Å². The molecule has 5 rings (SSSR count). The van der Waals surface area contributed by atoms with E-state index in [0.29, 0.717) is 23.3 Å². The van der Waals surface area contributed by atoms with Gasteiger partial charge in [0.25, 0.3) is 5.56 Å². The Morgan fingerprint density at radius 2 is 1.93 bits per heavy atom. The molecule has 0 aliphatic heterocycles. The predicted molar refractivity (Wildman–Crippen MR) is 168 cm³/mol. The first-order valence-electron chi connectivity index (χ1n) is 14.0. The van der Waals surface area contributed by atoms with Gasteiger partial charge in [-0.1, -0.05) is 31.2 Å². The summed E-state index contributed by atoms with van der Waals surface area (Å²) < 4.78 is 7.48. The van der Waals surface area contributed by atoms with Crippen LogP contribution in [-0.4, -0.2) is 40.6 Å². The number of aromatic amines is 1. The normalized spacial score (nSPS) is 12.4. The fourth-order valence-electron chi connectivity index (χ4n) is 5.19. The van der Waals surface area contributed by atoms with Gasteiger partial charge in [-0.3, -0.25) is 10.1 Å². The number of ether oxygens (including phenoxy) is 1. The first-order chi connectivity index (χ1) is 20.9. The van der Waals surface area contributed by atoms with Crippen LogP contribution in [0.25, 0.3) is 16.5 Å². The second-order valence-electron chi connectivity index (χ2n) is 10.5. The molecule has 5 aromatic rings. The molecule has 2 heterocycles. The van der Waals surface area contributed by atoms with Gasteiger partial charge in [-0.05, 0) is 78.0 Å². The second-order valence-corrected chi connectivity index (χ2v) is 10.5. The molecule has 4 N–H and O–H groups in total. The van der Waals surface area contributed by atoms with Gasteiger partial charge in [0.15, 0.2) is 0 Å². The molecule has 43 heavy (non-hydrogen) atoms. The first kappa shape index (κ1) is 29.3. The molecular weight excluding hydrogens is 544 g/mol. The van der Waals surface area contributed by atoms with Crippen molar-refractivity contribution in [2.45, 2.75) is 32.4 Å². The van der Waals surface area contributed by atoms with Gasteiger partial charge >= 0.3 is 6.09 Å². The molecule has 0 spiro atoms. The van der Waals surface area contributed by atoms with Gasteiger partial charge in [0.2, 0.25) is 0 Å². The minimum Gasteiger partial charge on any atom is -0.449 e. The largest absolute Gasteiger partial charge is 0.449 e. The van der Waals surface area contributed by atoms with E-state index in [1.165, 1.54) is 0 Å². The standard InChI is InChI=1S/C33H34N6O4/c1-21-14-24(30(18-40)37-27-6-4-23-10-11-36-32(41)29(23)16-27)5-8-28(21)22(2)19-43-33(42)38-26-7-9-31(25(15-26)17-34-3)39-13-12-35-20-39/h4-16,18,20,22,30,34,37H,17,19H2,1-3H3,(H,36,41)(H,38,42)/t22-,30?/m0/s1. The zero-order valence-corrected chi connectivity index (χ0v) is 24.3. The molecule has 0 radical (unpaired) electrons. The molecule has 0 aliphatic carbocycles. The van der Waals surface area contributed by atoms with Crippen LogP contribution in [0.5, 0.6) is 0 Å². The lowest BCUT2D eigenvalue weighted by Gasteiger charge is -2.19. The minimum absolute atomic E-state index is 0.0712. The highest BCUT2D eigenvalue weighted by Gasteiger charge is 2.17. The molecule has 2 atom stereocenters. The number of rotatable bonds is 11. The molecule has 10 heteroatoms. The van der Waals surface area contributed by atoms with Crippen LogP contribution in [-0.2, 0) is 16.1 Å². The van der Waals surface area contributed by atoms with E-state index >= 15 is 0 Å². The molecule has 10 nitrogen and oxygen atoms in total. The topological polar surface area (TPSA) is 130 Å². The van der Waals surface area contributed by atoms with Crippen LogP contribution in [0.2, 0.25) is 0 Å². The molecule has 2 aromatic heterocycles. The monoisotopic (exact) mass is 578 g/mol. The smallest absolute Gasteiger partial charge is 0.411 e. The SMILES string of the molecule is CNCc1cc(NC(=O)OC[C@H](C)c2ccc(C(C=O)Nc3ccc4cc[nH]c(=O)c4c3)cc2C)ccc1-n1ccnc1. The number of aldehydes is 1. The second kappa shape index (κ2) is 13.2. The van der Waals surface area contributed by atoms with Crippen molar-refractivity contribution >= 4 is 34.5 Å². The fourth-order valence-corrected chi connectivity index (χ4v) is 5.19. The lowest BCUT2D eigenvalue weighted by molar-refractivity contribution is -0.108. The quantitative estimate of drug-likeness (QED) is 0.153. The van der Waals surface area contributed by atoms with Crippen LogP contribution < -0.4 is 21.5 Å². The maximum absolute atomic E-state index is 12.6. The number of nitrogens with zero attached hydrogens (tertiary/aromatic N) is 2. The zero-order valence-electron chi connectivity index (χ0n) is 24.3. The van der Waals surface area contributed by atoms with E-state index in [9.17, 15) is 14.4 Å². The predicted octanol–water partition coefficient (Wildman–Crippen LogP) is 5.45. The molecule has 1 amide bonds. The molecule has 0 saturated carbocycles. The Labute approximate surface area is 249 Å². The number of anilines is 2. The molecule has 0 fully saturated rings. The molecular formula is C33H34N6O4. The number of amides is 1. The van der Waals surface area contributed by atoms with Crippen molar-refractivity contribution in [3.63, 3.8) is 0 Å². The summed E-state index contributed by atoms with van der Waals surface area (Å²) in [6.45, 7) is 4.76. The fraction of sp³-hybridized carbons (Fsp3) is 0.212. The minimum atomic E-state index is -0.599. The van der Waals surface area contributed by atoms with Crippen LogP contribution in [0.3, 0.4) is 0 Å². The number of aryl methyl sites for hydroxylation is 1. The number of aromatic nitrogens is 3. The van der Waals surface area contributed by atoms with Crippen molar-refractivity contribution < 1.29 is 14.3 Å². The number of benzene rings is 3. The number of fused-ring (bicyclic) bond motifs is 1. The molecule has 1 unspecified atom stereocenters. The number of carbonyl (C=O) groups excluding carboxylic acids is 2. The van der Waals surface area contributed by atoms with Crippen molar-refractivity contribution in [1.29, 1.82) is 0 Å². The summed E-state index contributed by atoms with van der Waals surface area (Å²) >= 11 is 0. The third kappa shape index (κ3) is 6.82. The van der Waals surface area contributed by atoms with Gasteiger partial charge in [-0.25, -0.2) is 9.78 Å². The molecule has 0 saturated heterocycles. The molecule has 0 bridgehead atoms. The van der Waals surface area contributed by atoms with E-state index < -0.39 is 12.1 Å². The van der Waals surface area contributed by atoms with Crippen LogP contribution in [0.4, 0.5) is 16.2 Å². The maximum Gasteiger partial charge on any atom is 0.411 e. The number of pyridine rings is 1. The van der Waals surface area contributed by atoms with E-state index in [1.807, 2.05) is 86.3 Å². The summed E-state index contributed by atoms with van der Waals surface area (Å²) in [4.78, 5) is 43.6. The van der Waals surface area contributed by atoms with Crippen LogP contribution in [0, 0.1) is 6.92 Å². The van der Waals surface area contributed by atoms with Gasteiger partial charge in [-0.15, -0.1) is 0 Å². The van der Waals surface area contributed by atoms with Crippen LogP contribution >= 0.6 is 0 Å². The Morgan fingerprint density at radius 3 is 2.67 bits per heavy atom. The maximum atomic E-state index is 12.6. The highest BCUT2D eigenvalue weighted by molar-refractivity contribution is 5.86. The molecule has 220 valence electrons. The summed E-state index contributed by atoms with van der Waals surface area (Å²) in [6.07, 6.45) is 7.24. The summed E-state index contributed by atoms with van der Waals surface area (Å²) in [5.74, 6) is -0.0712. The number of hydrogen-bond acceptors (Lipinski definition) is 7. The highest BCUT2D eigenvalue weighted by atomic mass is 16.5. The summed E-state index contributed by atoms with van der Waals surface area (Å²) in [6, 6.07) is 18.1. The first-order valence-corrected chi connectivity index (χ1v) is 14.0. The third-order valence-corrected chi connectivity index (χ3v) is 7.36. The summed E-state index contributed by atoms with van der Waals surface area (Å²) in [7, 11) is 1.87. The third-order valence-electron chi connectivity index (χ3n) is 7.36. The molecule has 0 aliphatic rings. The van der Waals surface area contributed by atoms with E-state index in [1.54, 1.807) is 24.8 Å².